The van der Waals surface area contributed by atoms with Crippen molar-refractivity contribution in [2.24, 2.45) is 4.99 Å². The van der Waals surface area contributed by atoms with E-state index in [1.807, 2.05) is 0 Å². The Morgan fingerprint density at radius 3 is 2.53 bits per heavy atom. The van der Waals surface area contributed by atoms with E-state index in [1.165, 1.54) is 25.1 Å². The first kappa shape index (κ1) is 22.4. The molecule has 1 aliphatic rings. The lowest BCUT2D eigenvalue weighted by atomic mass is 10.2. The number of carbonyl (C=O) groups excluding carboxylic acids is 2. The fourth-order valence-electron chi connectivity index (χ4n) is 2.54. The summed E-state index contributed by atoms with van der Waals surface area (Å²) in [4.78, 5) is 28.3. The highest BCUT2D eigenvalue weighted by Gasteiger charge is 2.30. The minimum Gasteiger partial charge on any atom is -0.451 e. The Kier molecular flexibility index (Phi) is 6.56. The van der Waals surface area contributed by atoms with Crippen LogP contribution in [0.3, 0.4) is 0 Å². The standard InChI is InChI=1S/C18H14Cl3N3O5S/c1-9(18(26)23-14-7-12(20)11(19)6-13(14)21)29-16(25)8-22-17-10-4-2-3-5-15(10)30(27,28)24-17/h2-7,9H,8H2,1H3,(H,22,24)(H,23,26). The zero-order valence-electron chi connectivity index (χ0n) is 15.3. The number of rotatable bonds is 5. The van der Waals surface area contributed by atoms with Crippen molar-refractivity contribution in [2.75, 3.05) is 11.9 Å². The summed E-state index contributed by atoms with van der Waals surface area (Å²) in [5.74, 6) is -1.44. The van der Waals surface area contributed by atoms with Crippen LogP contribution in [0.2, 0.25) is 15.1 Å². The second kappa shape index (κ2) is 8.81. The second-order valence-corrected chi connectivity index (χ2v) is 9.01. The third kappa shape index (κ3) is 4.86. The molecule has 8 nitrogen and oxygen atoms in total. The largest absolute Gasteiger partial charge is 0.451 e. The molecule has 30 heavy (non-hydrogen) atoms. The molecule has 12 heteroatoms. The van der Waals surface area contributed by atoms with Crippen molar-refractivity contribution in [3.8, 4) is 0 Å². The topological polar surface area (TPSA) is 114 Å². The summed E-state index contributed by atoms with van der Waals surface area (Å²) in [7, 11) is -3.71. The van der Waals surface area contributed by atoms with Crippen LogP contribution in [-0.4, -0.2) is 38.8 Å². The van der Waals surface area contributed by atoms with E-state index in [0.29, 0.717) is 5.56 Å². The van der Waals surface area contributed by atoms with Crippen LogP contribution in [0.15, 0.2) is 46.3 Å². The van der Waals surface area contributed by atoms with E-state index >= 15 is 0 Å². The first-order valence-electron chi connectivity index (χ1n) is 8.40. The Hall–Kier alpha value is -2.33. The molecule has 2 aromatic rings. The third-order valence-corrected chi connectivity index (χ3v) is 6.41. The predicted molar refractivity (Wildman–Crippen MR) is 114 cm³/mol. The maximum Gasteiger partial charge on any atom is 0.328 e. The molecule has 0 saturated carbocycles. The number of amidine groups is 1. The fraction of sp³-hybridized carbons (Fsp3) is 0.167. The number of nitrogens with zero attached hydrogens (tertiary/aromatic N) is 1. The molecule has 0 radical (unpaired) electrons. The van der Waals surface area contributed by atoms with Crippen LogP contribution in [0.25, 0.3) is 0 Å². The van der Waals surface area contributed by atoms with Gasteiger partial charge in [-0.2, -0.15) is 0 Å². The quantitative estimate of drug-likeness (QED) is 0.493. The average molecular weight is 491 g/mol. The molecule has 0 fully saturated rings. The predicted octanol–water partition coefficient (Wildman–Crippen LogP) is 3.26. The number of anilines is 1. The van der Waals surface area contributed by atoms with E-state index in [9.17, 15) is 18.0 Å². The number of hydrogen-bond acceptors (Lipinski definition) is 6. The van der Waals surface area contributed by atoms with Crippen molar-refractivity contribution in [1.82, 2.24) is 4.72 Å². The van der Waals surface area contributed by atoms with Crippen LogP contribution in [0, 0.1) is 0 Å². The molecule has 0 aromatic heterocycles. The molecule has 1 aliphatic heterocycles. The smallest absolute Gasteiger partial charge is 0.328 e. The molecule has 2 N–H and O–H groups in total. The van der Waals surface area contributed by atoms with E-state index in [1.54, 1.807) is 18.2 Å². The highest BCUT2D eigenvalue weighted by atomic mass is 35.5. The van der Waals surface area contributed by atoms with Gasteiger partial charge in [0.1, 0.15) is 12.4 Å². The molecule has 0 aliphatic carbocycles. The van der Waals surface area contributed by atoms with Crippen LogP contribution in [0.1, 0.15) is 12.5 Å². The number of esters is 1. The van der Waals surface area contributed by atoms with Crippen molar-refractivity contribution >= 4 is 68.2 Å². The number of carbonyl (C=O) groups is 2. The molecule has 0 bridgehead atoms. The number of aliphatic imine (C=N–C) groups is 1. The Balaban J connectivity index is 1.62. The molecule has 1 unspecified atom stereocenters. The molecule has 2 aromatic carbocycles. The van der Waals surface area contributed by atoms with Gasteiger partial charge in [0.25, 0.3) is 15.9 Å². The van der Waals surface area contributed by atoms with Crippen LogP contribution in [0.4, 0.5) is 5.69 Å². The van der Waals surface area contributed by atoms with Crippen molar-refractivity contribution < 1.29 is 22.7 Å². The maximum absolute atomic E-state index is 12.3. The van der Waals surface area contributed by atoms with Crippen molar-refractivity contribution in [2.45, 2.75) is 17.9 Å². The monoisotopic (exact) mass is 489 g/mol. The SMILES string of the molecule is CC(OC(=O)CN=C1NS(=O)(=O)c2ccccc21)C(=O)Nc1cc(Cl)c(Cl)cc1Cl. The van der Waals surface area contributed by atoms with E-state index in [-0.39, 0.29) is 31.5 Å². The van der Waals surface area contributed by atoms with Crippen LogP contribution in [-0.2, 0) is 24.3 Å². The Bertz CT molecular complexity index is 1170. The summed E-state index contributed by atoms with van der Waals surface area (Å²) >= 11 is 17.7. The number of hydrogen-bond donors (Lipinski definition) is 2. The highest BCUT2D eigenvalue weighted by molar-refractivity contribution is 7.90. The number of halogens is 3. The summed E-state index contributed by atoms with van der Waals surface area (Å²) in [5.41, 5.74) is 0.557. The van der Waals surface area contributed by atoms with Crippen molar-refractivity contribution in [3.63, 3.8) is 0 Å². The number of amides is 1. The molecule has 0 spiro atoms. The van der Waals surface area contributed by atoms with Gasteiger partial charge in [0.15, 0.2) is 6.10 Å². The van der Waals surface area contributed by atoms with Gasteiger partial charge < -0.3 is 10.1 Å². The van der Waals surface area contributed by atoms with E-state index < -0.39 is 34.5 Å². The van der Waals surface area contributed by atoms with Gasteiger partial charge >= 0.3 is 5.97 Å². The minimum absolute atomic E-state index is 0.0299. The molecule has 1 amide bonds. The summed E-state index contributed by atoms with van der Waals surface area (Å²) in [6, 6.07) is 8.96. The normalized spacial score (nSPS) is 16.5. The number of fused-ring (bicyclic) bond motifs is 1. The highest BCUT2D eigenvalue weighted by Crippen LogP contribution is 2.32. The summed E-state index contributed by atoms with van der Waals surface area (Å²) < 4.78 is 31.4. The Labute approximate surface area is 187 Å². The fourth-order valence-corrected chi connectivity index (χ4v) is 4.38. The summed E-state index contributed by atoms with van der Waals surface area (Å²) in [5, 5.41) is 3.06. The van der Waals surface area contributed by atoms with Gasteiger partial charge in [0.2, 0.25) is 0 Å². The molecule has 1 atom stereocenters. The second-order valence-electron chi connectivity index (χ2n) is 6.13. The van der Waals surface area contributed by atoms with E-state index in [2.05, 4.69) is 15.0 Å². The lowest BCUT2D eigenvalue weighted by Gasteiger charge is -2.14. The zero-order valence-corrected chi connectivity index (χ0v) is 18.4. The number of nitrogens with one attached hydrogen (secondary N) is 2. The summed E-state index contributed by atoms with van der Waals surface area (Å²) in [6.07, 6.45) is -1.17. The van der Waals surface area contributed by atoms with Gasteiger partial charge in [-0.05, 0) is 31.2 Å². The first-order valence-corrected chi connectivity index (χ1v) is 11.0. The molecule has 1 heterocycles. The van der Waals surface area contributed by atoms with Gasteiger partial charge in [-0.25, -0.2) is 8.42 Å². The van der Waals surface area contributed by atoms with Crippen molar-refractivity contribution in [3.05, 3.63) is 57.0 Å². The summed E-state index contributed by atoms with van der Waals surface area (Å²) in [6.45, 7) is 0.872. The Morgan fingerprint density at radius 2 is 1.80 bits per heavy atom. The molecular weight excluding hydrogens is 477 g/mol. The van der Waals surface area contributed by atoms with Gasteiger partial charge in [-0.15, -0.1) is 0 Å². The molecule has 0 saturated heterocycles. The first-order chi connectivity index (χ1) is 14.1. The number of sulfonamides is 1. The Morgan fingerprint density at radius 1 is 1.13 bits per heavy atom. The average Bonchev–Trinajstić information content (AvgIpc) is 2.95. The number of benzene rings is 2. The van der Waals surface area contributed by atoms with Crippen LogP contribution in [0.5, 0.6) is 0 Å². The van der Waals surface area contributed by atoms with Crippen LogP contribution < -0.4 is 10.0 Å². The van der Waals surface area contributed by atoms with Gasteiger partial charge in [-0.3, -0.25) is 19.3 Å². The third-order valence-electron chi connectivity index (χ3n) is 3.97. The van der Waals surface area contributed by atoms with Crippen molar-refractivity contribution in [1.29, 1.82) is 0 Å². The zero-order chi connectivity index (χ0) is 22.1. The maximum atomic E-state index is 12.3. The lowest BCUT2D eigenvalue weighted by molar-refractivity contribution is -0.151. The molecular formula is C18H14Cl3N3O5S. The van der Waals surface area contributed by atoms with Gasteiger partial charge in [0.05, 0.1) is 25.7 Å². The van der Waals surface area contributed by atoms with Crippen LogP contribution >= 0.6 is 34.8 Å². The minimum atomic E-state index is -3.71. The van der Waals surface area contributed by atoms with E-state index in [4.69, 9.17) is 39.5 Å². The molecule has 3 rings (SSSR count). The van der Waals surface area contributed by atoms with E-state index in [0.717, 1.165) is 0 Å². The lowest BCUT2D eigenvalue weighted by Crippen LogP contribution is -2.31. The number of ether oxygens (including phenoxy) is 1. The van der Waals surface area contributed by atoms with Gasteiger partial charge in [0, 0.05) is 5.56 Å². The van der Waals surface area contributed by atoms with Gasteiger partial charge in [-0.1, -0.05) is 46.9 Å². The molecule has 158 valence electrons.